The van der Waals surface area contributed by atoms with Gasteiger partial charge in [0, 0.05) is 24.0 Å². The van der Waals surface area contributed by atoms with Gasteiger partial charge in [-0.1, -0.05) is 6.07 Å². The average molecular weight is 415 g/mol. The van der Waals surface area contributed by atoms with Crippen molar-refractivity contribution in [3.05, 3.63) is 47.0 Å². The minimum atomic E-state index is -1.21. The van der Waals surface area contributed by atoms with Crippen LogP contribution in [-0.2, 0) is 16.0 Å². The fourth-order valence-corrected chi connectivity index (χ4v) is 3.36. The lowest BCUT2D eigenvalue weighted by atomic mass is 9.97. The van der Waals surface area contributed by atoms with Crippen molar-refractivity contribution in [1.82, 2.24) is 0 Å². The number of aliphatic hydroxyl groups excluding tert-OH is 2. The number of nitrogens with one attached hydrogen (secondary N) is 1. The van der Waals surface area contributed by atoms with Crippen molar-refractivity contribution in [2.75, 3.05) is 5.32 Å². The first kappa shape index (κ1) is 21.0. The Kier molecular flexibility index (Phi) is 5.57. The van der Waals surface area contributed by atoms with Crippen molar-refractivity contribution in [3.63, 3.8) is 0 Å². The van der Waals surface area contributed by atoms with E-state index in [9.17, 15) is 40.2 Å². The number of anilines is 1. The molecule has 2 aromatic rings. The van der Waals surface area contributed by atoms with Gasteiger partial charge in [0.05, 0.1) is 11.7 Å². The molecule has 0 bridgehead atoms. The van der Waals surface area contributed by atoms with Crippen molar-refractivity contribution in [3.8, 4) is 23.0 Å². The number of fused-ring (bicyclic) bond motifs is 1. The van der Waals surface area contributed by atoms with E-state index in [1.54, 1.807) is 0 Å². The fourth-order valence-electron chi connectivity index (χ4n) is 3.36. The summed E-state index contributed by atoms with van der Waals surface area (Å²) in [7, 11) is 0. The lowest BCUT2D eigenvalue weighted by Crippen LogP contribution is -2.33. The number of aliphatic hydroxyl groups is 2. The summed E-state index contributed by atoms with van der Waals surface area (Å²) in [4.78, 5) is 24.6. The van der Waals surface area contributed by atoms with Crippen molar-refractivity contribution in [2.24, 2.45) is 0 Å². The average Bonchev–Trinajstić information content (AvgIpc) is 2.94. The predicted octanol–water partition coefficient (Wildman–Crippen LogP) is 2.03. The molecule has 9 nitrogen and oxygen atoms in total. The third-order valence-corrected chi connectivity index (χ3v) is 4.82. The van der Waals surface area contributed by atoms with Gasteiger partial charge in [-0.05, 0) is 36.8 Å². The van der Waals surface area contributed by atoms with E-state index in [-0.39, 0.29) is 46.9 Å². The molecule has 1 aliphatic carbocycles. The molecule has 2 unspecified atom stereocenters. The van der Waals surface area contributed by atoms with E-state index < -0.39 is 35.2 Å². The summed E-state index contributed by atoms with van der Waals surface area (Å²) in [5.74, 6) is -3.12. The van der Waals surface area contributed by atoms with E-state index in [4.69, 9.17) is 0 Å². The van der Waals surface area contributed by atoms with E-state index in [1.807, 2.05) is 0 Å². The van der Waals surface area contributed by atoms with Crippen LogP contribution in [0.3, 0.4) is 0 Å². The molecule has 0 aromatic heterocycles. The molecule has 158 valence electrons. The van der Waals surface area contributed by atoms with Crippen LogP contribution in [0, 0.1) is 0 Å². The minimum absolute atomic E-state index is 0.0152. The number of rotatable bonds is 7. The SMILES string of the molecule is CC(=O)CC(Nc1c(O)c(O)cc2c1C(O)=CC2O)C(=O)Cc1ccc(O)c(O)c1. The smallest absolute Gasteiger partial charge is 0.181 e. The van der Waals surface area contributed by atoms with Crippen LogP contribution in [0.2, 0.25) is 0 Å². The zero-order valence-electron chi connectivity index (χ0n) is 16.0. The van der Waals surface area contributed by atoms with Gasteiger partial charge in [-0.25, -0.2) is 0 Å². The zero-order valence-corrected chi connectivity index (χ0v) is 16.0. The second kappa shape index (κ2) is 7.96. The van der Waals surface area contributed by atoms with Crippen molar-refractivity contribution < 1.29 is 40.2 Å². The number of phenolic OH excluding ortho intramolecular Hbond substituents is 4. The monoisotopic (exact) mass is 415 g/mol. The van der Waals surface area contributed by atoms with Crippen LogP contribution in [0.15, 0.2) is 30.3 Å². The standard InChI is InChI=1S/C21H21NO8/c1-9(23)4-12(15(26)5-10-2-3-13(24)16(27)6-10)22-20-19-11(7-18(29)21(20)30)14(25)8-17(19)28/h2-3,6-8,12,14,22,24-25,27-30H,4-5H2,1H3. The minimum Gasteiger partial charge on any atom is -0.507 e. The largest absolute Gasteiger partial charge is 0.507 e. The molecule has 0 radical (unpaired) electrons. The van der Waals surface area contributed by atoms with Crippen LogP contribution < -0.4 is 5.32 Å². The molecule has 0 amide bonds. The highest BCUT2D eigenvalue weighted by molar-refractivity contribution is 5.95. The lowest BCUT2D eigenvalue weighted by Gasteiger charge is -2.22. The van der Waals surface area contributed by atoms with Crippen molar-refractivity contribution >= 4 is 23.0 Å². The van der Waals surface area contributed by atoms with E-state index in [1.165, 1.54) is 25.1 Å². The van der Waals surface area contributed by atoms with Gasteiger partial charge in [-0.2, -0.15) is 0 Å². The summed E-state index contributed by atoms with van der Waals surface area (Å²) in [6, 6.07) is 3.84. The number of phenols is 4. The first-order chi connectivity index (χ1) is 14.1. The summed E-state index contributed by atoms with van der Waals surface area (Å²) in [5, 5.41) is 62.1. The normalized spacial score (nSPS) is 15.9. The van der Waals surface area contributed by atoms with Gasteiger partial charge in [0.1, 0.15) is 17.6 Å². The predicted molar refractivity (Wildman–Crippen MR) is 107 cm³/mol. The summed E-state index contributed by atoms with van der Waals surface area (Å²) >= 11 is 0. The molecular formula is C21H21NO8. The van der Waals surface area contributed by atoms with Gasteiger partial charge in [0.25, 0.3) is 0 Å². The first-order valence-corrected chi connectivity index (χ1v) is 9.06. The molecular weight excluding hydrogens is 394 g/mol. The molecule has 0 saturated heterocycles. The Bertz CT molecular complexity index is 1060. The molecule has 2 atom stereocenters. The van der Waals surface area contributed by atoms with Crippen LogP contribution in [0.4, 0.5) is 5.69 Å². The molecule has 3 rings (SSSR count). The third kappa shape index (κ3) is 4.01. The number of Topliss-reactive ketones (excluding diaryl/α,β-unsaturated/α-hetero) is 2. The third-order valence-electron chi connectivity index (χ3n) is 4.82. The molecule has 0 heterocycles. The molecule has 0 saturated carbocycles. The van der Waals surface area contributed by atoms with Gasteiger partial charge in [-0.15, -0.1) is 0 Å². The Morgan fingerprint density at radius 1 is 1.03 bits per heavy atom. The van der Waals surface area contributed by atoms with Crippen LogP contribution >= 0.6 is 0 Å². The second-order valence-electron chi connectivity index (χ2n) is 7.15. The maximum atomic E-state index is 12.9. The van der Waals surface area contributed by atoms with Crippen LogP contribution in [-0.4, -0.2) is 48.2 Å². The van der Waals surface area contributed by atoms with Gasteiger partial charge in [0.15, 0.2) is 28.8 Å². The van der Waals surface area contributed by atoms with Crippen LogP contribution in [0.5, 0.6) is 23.0 Å². The highest BCUT2D eigenvalue weighted by atomic mass is 16.3. The summed E-state index contributed by atoms with van der Waals surface area (Å²) < 4.78 is 0. The molecule has 2 aromatic carbocycles. The number of carbonyl (C=O) groups is 2. The quantitative estimate of drug-likeness (QED) is 0.335. The Morgan fingerprint density at radius 2 is 1.73 bits per heavy atom. The maximum absolute atomic E-state index is 12.9. The molecule has 1 aliphatic rings. The zero-order chi connectivity index (χ0) is 22.2. The van der Waals surface area contributed by atoms with Crippen LogP contribution in [0.25, 0.3) is 5.76 Å². The van der Waals surface area contributed by atoms with Crippen LogP contribution in [0.1, 0.15) is 36.1 Å². The number of hydrogen-bond acceptors (Lipinski definition) is 9. The maximum Gasteiger partial charge on any atom is 0.181 e. The molecule has 0 fully saturated rings. The second-order valence-corrected chi connectivity index (χ2v) is 7.15. The summed E-state index contributed by atoms with van der Waals surface area (Å²) in [5.41, 5.74) is 0.335. The number of benzene rings is 2. The van der Waals surface area contributed by atoms with Crippen molar-refractivity contribution in [1.29, 1.82) is 0 Å². The number of aromatic hydroxyl groups is 4. The van der Waals surface area contributed by atoms with E-state index >= 15 is 0 Å². The molecule has 9 heteroatoms. The molecule has 7 N–H and O–H groups in total. The Morgan fingerprint density at radius 3 is 2.37 bits per heavy atom. The Balaban J connectivity index is 1.95. The summed E-state index contributed by atoms with van der Waals surface area (Å²) in [6.07, 6.45) is -0.561. The highest BCUT2D eigenvalue weighted by Crippen LogP contribution is 2.47. The van der Waals surface area contributed by atoms with Crippen molar-refractivity contribution in [2.45, 2.75) is 31.9 Å². The molecule has 0 spiro atoms. The Hall–Kier alpha value is -3.72. The molecule has 0 aliphatic heterocycles. The number of ketones is 2. The van der Waals surface area contributed by atoms with Gasteiger partial charge in [-0.3, -0.25) is 9.59 Å². The Labute approximate surface area is 171 Å². The van der Waals surface area contributed by atoms with Gasteiger partial charge in [0.2, 0.25) is 0 Å². The van der Waals surface area contributed by atoms with Gasteiger partial charge >= 0.3 is 0 Å². The first-order valence-electron chi connectivity index (χ1n) is 9.06. The lowest BCUT2D eigenvalue weighted by molar-refractivity contribution is -0.123. The summed E-state index contributed by atoms with van der Waals surface area (Å²) in [6.45, 7) is 1.28. The molecule has 30 heavy (non-hydrogen) atoms. The fraction of sp³-hybridized carbons (Fsp3) is 0.238. The van der Waals surface area contributed by atoms with Gasteiger partial charge < -0.3 is 36.0 Å². The number of carbonyl (C=O) groups excluding carboxylic acids is 2. The highest BCUT2D eigenvalue weighted by Gasteiger charge is 2.31. The topological polar surface area (TPSA) is 168 Å². The van der Waals surface area contributed by atoms with E-state index in [0.717, 1.165) is 12.1 Å². The number of hydrogen-bond donors (Lipinski definition) is 7. The van der Waals surface area contributed by atoms with E-state index in [2.05, 4.69) is 5.32 Å². The van der Waals surface area contributed by atoms with E-state index in [0.29, 0.717) is 5.56 Å².